The van der Waals surface area contributed by atoms with Crippen molar-refractivity contribution in [2.75, 3.05) is 32.7 Å². The van der Waals surface area contributed by atoms with Gasteiger partial charge in [-0.2, -0.15) is 0 Å². The van der Waals surface area contributed by atoms with Gasteiger partial charge in [-0.1, -0.05) is 18.7 Å². The van der Waals surface area contributed by atoms with Crippen LogP contribution in [-0.4, -0.2) is 58.8 Å². The van der Waals surface area contributed by atoms with Crippen LogP contribution in [0.15, 0.2) is 21.5 Å². The molecular weight excluding hydrogens is 298 g/mol. The number of hydrogen-bond acceptors (Lipinski definition) is 5. The number of piperazine rings is 1. The molecule has 20 heavy (non-hydrogen) atoms. The number of carbonyl (C=O) groups excluding carboxylic acids is 1. The maximum atomic E-state index is 12.2. The molecule has 1 aromatic rings. The molecule has 1 atom stereocenters. The summed E-state index contributed by atoms with van der Waals surface area (Å²) in [5, 5.41) is 1.93. The summed E-state index contributed by atoms with van der Waals surface area (Å²) in [6.07, 6.45) is 0. The lowest BCUT2D eigenvalue weighted by Gasteiger charge is -2.35. The summed E-state index contributed by atoms with van der Waals surface area (Å²) < 4.78 is 5.17. The van der Waals surface area contributed by atoms with Gasteiger partial charge >= 0.3 is 0 Å². The van der Waals surface area contributed by atoms with E-state index in [1.165, 1.54) is 0 Å². The van der Waals surface area contributed by atoms with E-state index in [4.69, 9.17) is 16.0 Å². The third kappa shape index (κ3) is 2.81. The van der Waals surface area contributed by atoms with Crippen molar-refractivity contribution in [1.29, 1.82) is 0 Å². The number of hydrogen-bond donors (Lipinski definition) is 0. The van der Waals surface area contributed by atoms with Crippen molar-refractivity contribution >= 4 is 34.4 Å². The Morgan fingerprint density at radius 3 is 2.70 bits per heavy atom. The third-order valence-corrected chi connectivity index (χ3v) is 4.76. The average Bonchev–Trinajstić information content (AvgIpc) is 3.07. The van der Waals surface area contributed by atoms with Crippen molar-refractivity contribution in [2.45, 2.75) is 12.2 Å². The Bertz CT molecular complexity index is 537. The molecule has 0 saturated carbocycles. The van der Waals surface area contributed by atoms with Crippen LogP contribution < -0.4 is 0 Å². The number of halogens is 1. The van der Waals surface area contributed by atoms with E-state index in [9.17, 15) is 4.79 Å². The largest absolute Gasteiger partial charge is 0.440 e. The van der Waals surface area contributed by atoms with Gasteiger partial charge in [0.05, 0.1) is 6.54 Å². The van der Waals surface area contributed by atoms with Gasteiger partial charge in [-0.15, -0.1) is 0 Å². The van der Waals surface area contributed by atoms with Crippen LogP contribution in [0.1, 0.15) is 17.5 Å². The summed E-state index contributed by atoms with van der Waals surface area (Å²) >= 11 is 7.52. The molecule has 0 aromatic carbocycles. The van der Waals surface area contributed by atoms with Crippen LogP contribution in [0.2, 0.25) is 5.22 Å². The third-order valence-electron chi connectivity index (χ3n) is 3.41. The van der Waals surface area contributed by atoms with Crippen molar-refractivity contribution in [3.63, 3.8) is 0 Å². The van der Waals surface area contributed by atoms with Gasteiger partial charge in [0.25, 0.3) is 5.91 Å². The predicted octanol–water partition coefficient (Wildman–Crippen LogP) is 2.18. The molecule has 3 rings (SSSR count). The summed E-state index contributed by atoms with van der Waals surface area (Å²) in [4.78, 5) is 20.8. The molecule has 1 fully saturated rings. The minimum atomic E-state index is -0.0917. The zero-order valence-corrected chi connectivity index (χ0v) is 12.8. The summed E-state index contributed by atoms with van der Waals surface area (Å²) in [5.74, 6) is 0.218. The molecule has 108 valence electrons. The van der Waals surface area contributed by atoms with Gasteiger partial charge in [-0.25, -0.2) is 0 Å². The standard InChI is InChI=1S/C13H16ClN3O2S/c1-9-8-15-13(20-9)17-6-4-16(5-7-17)12(18)10-2-3-11(14)19-10/h2-3,9H,4-8H2,1H3/t9-/m0/s1. The van der Waals surface area contributed by atoms with E-state index in [-0.39, 0.29) is 11.1 Å². The van der Waals surface area contributed by atoms with Crippen LogP contribution in [0.5, 0.6) is 0 Å². The van der Waals surface area contributed by atoms with E-state index in [0.29, 0.717) is 24.1 Å². The summed E-state index contributed by atoms with van der Waals surface area (Å²) in [6, 6.07) is 3.21. The smallest absolute Gasteiger partial charge is 0.289 e. The fourth-order valence-corrected chi connectivity index (χ4v) is 3.46. The van der Waals surface area contributed by atoms with E-state index in [1.54, 1.807) is 17.0 Å². The summed E-state index contributed by atoms with van der Waals surface area (Å²) in [6.45, 7) is 6.08. The minimum Gasteiger partial charge on any atom is -0.440 e. The number of thioether (sulfide) groups is 1. The molecule has 7 heteroatoms. The topological polar surface area (TPSA) is 49.0 Å². The minimum absolute atomic E-state index is 0.0917. The molecule has 0 bridgehead atoms. The maximum Gasteiger partial charge on any atom is 0.289 e. The van der Waals surface area contributed by atoms with Gasteiger partial charge in [-0.3, -0.25) is 9.79 Å². The molecule has 2 aliphatic heterocycles. The Morgan fingerprint density at radius 1 is 1.40 bits per heavy atom. The van der Waals surface area contributed by atoms with Crippen molar-refractivity contribution < 1.29 is 9.21 Å². The molecule has 0 radical (unpaired) electrons. The number of amides is 1. The van der Waals surface area contributed by atoms with E-state index < -0.39 is 0 Å². The Labute approximate surface area is 127 Å². The Kier molecular flexibility index (Phi) is 3.94. The highest BCUT2D eigenvalue weighted by Gasteiger charge is 2.28. The monoisotopic (exact) mass is 313 g/mol. The van der Waals surface area contributed by atoms with E-state index in [0.717, 1.165) is 24.8 Å². The lowest BCUT2D eigenvalue weighted by atomic mass is 10.3. The predicted molar refractivity (Wildman–Crippen MR) is 80.5 cm³/mol. The number of furan rings is 1. The summed E-state index contributed by atoms with van der Waals surface area (Å²) in [5.41, 5.74) is 0. The molecule has 1 amide bonds. The zero-order chi connectivity index (χ0) is 14.1. The average molecular weight is 314 g/mol. The number of rotatable bonds is 1. The lowest BCUT2D eigenvalue weighted by molar-refractivity contribution is 0.0662. The molecule has 1 saturated heterocycles. The van der Waals surface area contributed by atoms with Crippen LogP contribution in [-0.2, 0) is 0 Å². The van der Waals surface area contributed by atoms with Crippen LogP contribution in [0.4, 0.5) is 0 Å². The molecular formula is C13H16ClN3O2S. The fraction of sp³-hybridized carbons (Fsp3) is 0.538. The number of nitrogens with zero attached hydrogens (tertiary/aromatic N) is 3. The van der Waals surface area contributed by atoms with E-state index in [1.807, 2.05) is 11.8 Å². The van der Waals surface area contributed by atoms with Gasteiger partial charge in [0.15, 0.2) is 16.1 Å². The quantitative estimate of drug-likeness (QED) is 0.797. The zero-order valence-electron chi connectivity index (χ0n) is 11.2. The van der Waals surface area contributed by atoms with Gasteiger partial charge in [-0.05, 0) is 23.7 Å². The molecule has 0 unspecified atom stereocenters. The molecule has 1 aromatic heterocycles. The summed E-state index contributed by atoms with van der Waals surface area (Å²) in [7, 11) is 0. The van der Waals surface area contributed by atoms with Gasteiger partial charge in [0.1, 0.15) is 0 Å². The first kappa shape index (κ1) is 13.8. The first-order valence-corrected chi connectivity index (χ1v) is 7.90. The molecule has 0 N–H and O–H groups in total. The maximum absolute atomic E-state index is 12.2. The first-order valence-electron chi connectivity index (χ1n) is 6.64. The van der Waals surface area contributed by atoms with Gasteiger partial charge < -0.3 is 14.2 Å². The van der Waals surface area contributed by atoms with Gasteiger partial charge in [0.2, 0.25) is 0 Å². The second kappa shape index (κ2) is 5.69. The fourth-order valence-electron chi connectivity index (χ4n) is 2.32. The molecule has 5 nitrogen and oxygen atoms in total. The Hall–Kier alpha value is -1.14. The van der Waals surface area contributed by atoms with Crippen LogP contribution >= 0.6 is 23.4 Å². The Morgan fingerprint density at radius 2 is 2.15 bits per heavy atom. The highest BCUT2D eigenvalue weighted by molar-refractivity contribution is 8.14. The van der Waals surface area contributed by atoms with Gasteiger partial charge in [0, 0.05) is 31.4 Å². The van der Waals surface area contributed by atoms with Crippen molar-refractivity contribution in [3.8, 4) is 0 Å². The highest BCUT2D eigenvalue weighted by Crippen LogP contribution is 2.24. The van der Waals surface area contributed by atoms with Crippen LogP contribution in [0, 0.1) is 0 Å². The van der Waals surface area contributed by atoms with E-state index in [2.05, 4.69) is 16.8 Å². The number of amidine groups is 1. The first-order chi connectivity index (χ1) is 9.63. The highest BCUT2D eigenvalue weighted by atomic mass is 35.5. The SMILES string of the molecule is C[C@H]1CN=C(N2CCN(C(=O)c3ccc(Cl)o3)CC2)S1. The Balaban J connectivity index is 1.57. The van der Waals surface area contributed by atoms with Crippen LogP contribution in [0.3, 0.4) is 0 Å². The molecule has 3 heterocycles. The lowest BCUT2D eigenvalue weighted by Crippen LogP contribution is -2.49. The molecule has 0 spiro atoms. The van der Waals surface area contributed by atoms with Crippen molar-refractivity contribution in [1.82, 2.24) is 9.80 Å². The number of aliphatic imine (C=N–C) groups is 1. The molecule has 2 aliphatic rings. The van der Waals surface area contributed by atoms with Crippen molar-refractivity contribution in [2.24, 2.45) is 4.99 Å². The number of carbonyl (C=O) groups is 1. The molecule has 0 aliphatic carbocycles. The second-order valence-electron chi connectivity index (χ2n) is 4.93. The van der Waals surface area contributed by atoms with E-state index >= 15 is 0 Å². The van der Waals surface area contributed by atoms with Crippen molar-refractivity contribution in [3.05, 3.63) is 23.1 Å². The van der Waals surface area contributed by atoms with Crippen LogP contribution in [0.25, 0.3) is 0 Å². The second-order valence-corrected chi connectivity index (χ2v) is 6.71. The normalized spacial score (nSPS) is 23.1.